The zero-order valence-electron chi connectivity index (χ0n) is 6.30. The van der Waals surface area contributed by atoms with Gasteiger partial charge < -0.3 is 4.90 Å². The lowest BCUT2D eigenvalue weighted by Gasteiger charge is -2.27. The minimum Gasteiger partial charge on any atom is -0.306 e. The van der Waals surface area contributed by atoms with Crippen LogP contribution in [0.5, 0.6) is 0 Å². The maximum Gasteiger partial charge on any atom is 0.0148 e. The van der Waals surface area contributed by atoms with Crippen LogP contribution in [0.4, 0.5) is 0 Å². The Balaban J connectivity index is 2.23. The molecule has 1 rings (SSSR count). The molecule has 0 atom stereocenters. The van der Waals surface area contributed by atoms with Crippen LogP contribution < -0.4 is 5.32 Å². The first-order chi connectivity index (χ1) is 4.30. The van der Waals surface area contributed by atoms with Crippen molar-refractivity contribution in [2.75, 3.05) is 27.2 Å². The highest BCUT2D eigenvalue weighted by atomic mass is 15.1. The summed E-state index contributed by atoms with van der Waals surface area (Å²) in [6.07, 6.45) is 2.51. The highest BCUT2D eigenvalue weighted by Crippen LogP contribution is 2.07. The maximum absolute atomic E-state index is 4.28. The standard InChI is InChI=1S/C7H15N2/c1-9(2)7-3-5-8-6-4-7/h7H,3-6H2,1-2H3. The second-order valence-electron chi connectivity index (χ2n) is 2.87. The van der Waals surface area contributed by atoms with Crippen molar-refractivity contribution in [3.63, 3.8) is 0 Å². The van der Waals surface area contributed by atoms with E-state index in [1.54, 1.807) is 0 Å². The SMILES string of the molecule is CN(C)C1CC[N]CC1. The molecule has 1 aliphatic heterocycles. The first-order valence-corrected chi connectivity index (χ1v) is 3.60. The Kier molecular flexibility index (Phi) is 2.49. The monoisotopic (exact) mass is 127 g/mol. The van der Waals surface area contributed by atoms with Crippen molar-refractivity contribution in [2.45, 2.75) is 18.9 Å². The Morgan fingerprint density at radius 2 is 1.78 bits per heavy atom. The van der Waals surface area contributed by atoms with Gasteiger partial charge in [0.05, 0.1) is 0 Å². The lowest BCUT2D eigenvalue weighted by atomic mass is 10.1. The van der Waals surface area contributed by atoms with Gasteiger partial charge in [-0.25, -0.2) is 5.32 Å². The van der Waals surface area contributed by atoms with E-state index in [9.17, 15) is 0 Å². The number of piperidine rings is 1. The van der Waals surface area contributed by atoms with Gasteiger partial charge in [0.1, 0.15) is 0 Å². The maximum atomic E-state index is 4.28. The van der Waals surface area contributed by atoms with Crippen LogP contribution in [0.2, 0.25) is 0 Å². The number of nitrogens with zero attached hydrogens (tertiary/aromatic N) is 2. The Labute approximate surface area is 57.2 Å². The van der Waals surface area contributed by atoms with Gasteiger partial charge in [-0.3, -0.25) is 0 Å². The van der Waals surface area contributed by atoms with Gasteiger partial charge in [-0.15, -0.1) is 0 Å². The second-order valence-corrected chi connectivity index (χ2v) is 2.87. The summed E-state index contributed by atoms with van der Waals surface area (Å²) in [4.78, 5) is 2.30. The topological polar surface area (TPSA) is 17.3 Å². The van der Waals surface area contributed by atoms with Gasteiger partial charge in [-0.05, 0) is 26.9 Å². The van der Waals surface area contributed by atoms with Gasteiger partial charge in [0.25, 0.3) is 0 Å². The minimum atomic E-state index is 0.794. The molecule has 0 spiro atoms. The third kappa shape index (κ3) is 1.95. The predicted octanol–water partition coefficient (Wildman–Crippen LogP) is 0.315. The van der Waals surface area contributed by atoms with E-state index in [-0.39, 0.29) is 0 Å². The molecule has 1 fully saturated rings. The third-order valence-corrected chi connectivity index (χ3v) is 1.97. The second kappa shape index (κ2) is 3.18. The van der Waals surface area contributed by atoms with E-state index in [0.29, 0.717) is 0 Å². The number of hydrogen-bond acceptors (Lipinski definition) is 1. The van der Waals surface area contributed by atoms with Crippen LogP contribution in [0.3, 0.4) is 0 Å². The third-order valence-electron chi connectivity index (χ3n) is 1.97. The lowest BCUT2D eigenvalue weighted by Crippen LogP contribution is -2.36. The van der Waals surface area contributed by atoms with Crippen LogP contribution in [-0.2, 0) is 0 Å². The van der Waals surface area contributed by atoms with Gasteiger partial charge in [0, 0.05) is 19.1 Å². The van der Waals surface area contributed by atoms with E-state index >= 15 is 0 Å². The summed E-state index contributed by atoms with van der Waals surface area (Å²) in [5.74, 6) is 0. The van der Waals surface area contributed by atoms with Gasteiger partial charge in [-0.2, -0.15) is 0 Å². The molecule has 53 valence electrons. The number of hydrogen-bond donors (Lipinski definition) is 0. The Morgan fingerprint density at radius 1 is 1.22 bits per heavy atom. The molecule has 2 heteroatoms. The Morgan fingerprint density at radius 3 is 2.11 bits per heavy atom. The normalized spacial score (nSPS) is 23.0. The fourth-order valence-corrected chi connectivity index (χ4v) is 1.25. The highest BCUT2D eigenvalue weighted by molar-refractivity contribution is 4.72. The molecule has 0 amide bonds. The zero-order chi connectivity index (χ0) is 6.69. The molecular formula is C7H15N2. The molecule has 0 aromatic rings. The molecule has 0 bridgehead atoms. The molecule has 0 saturated carbocycles. The van der Waals surface area contributed by atoms with Crippen molar-refractivity contribution in [2.24, 2.45) is 0 Å². The highest BCUT2D eigenvalue weighted by Gasteiger charge is 2.14. The predicted molar refractivity (Wildman–Crippen MR) is 38.6 cm³/mol. The largest absolute Gasteiger partial charge is 0.306 e. The summed E-state index contributed by atoms with van der Waals surface area (Å²) in [5, 5.41) is 4.28. The summed E-state index contributed by atoms with van der Waals surface area (Å²) in [6, 6.07) is 0.794. The van der Waals surface area contributed by atoms with E-state index in [1.165, 1.54) is 12.8 Å². The molecule has 2 nitrogen and oxygen atoms in total. The van der Waals surface area contributed by atoms with Crippen LogP contribution in [0, 0.1) is 0 Å². The van der Waals surface area contributed by atoms with Gasteiger partial charge in [0.2, 0.25) is 0 Å². The van der Waals surface area contributed by atoms with Gasteiger partial charge in [0.15, 0.2) is 0 Å². The summed E-state index contributed by atoms with van der Waals surface area (Å²) in [5.41, 5.74) is 0. The molecule has 0 aromatic carbocycles. The summed E-state index contributed by atoms with van der Waals surface area (Å²) < 4.78 is 0. The van der Waals surface area contributed by atoms with Crippen molar-refractivity contribution in [1.82, 2.24) is 10.2 Å². The molecule has 9 heavy (non-hydrogen) atoms. The van der Waals surface area contributed by atoms with Crippen molar-refractivity contribution in [3.8, 4) is 0 Å². The summed E-state index contributed by atoms with van der Waals surface area (Å²) in [6.45, 7) is 2.14. The molecule has 0 aromatic heterocycles. The van der Waals surface area contributed by atoms with E-state index in [1.807, 2.05) is 0 Å². The van der Waals surface area contributed by atoms with E-state index in [4.69, 9.17) is 0 Å². The molecular weight excluding hydrogens is 112 g/mol. The van der Waals surface area contributed by atoms with Crippen molar-refractivity contribution in [1.29, 1.82) is 0 Å². The first-order valence-electron chi connectivity index (χ1n) is 3.60. The quantitative estimate of drug-likeness (QED) is 0.495. The molecule has 1 saturated heterocycles. The Bertz CT molecular complexity index is 75.0. The van der Waals surface area contributed by atoms with Crippen LogP contribution >= 0.6 is 0 Å². The average molecular weight is 127 g/mol. The van der Waals surface area contributed by atoms with Crippen LogP contribution in [0.25, 0.3) is 0 Å². The summed E-state index contributed by atoms with van der Waals surface area (Å²) >= 11 is 0. The zero-order valence-corrected chi connectivity index (χ0v) is 6.30. The van der Waals surface area contributed by atoms with E-state index < -0.39 is 0 Å². The first kappa shape index (κ1) is 7.03. The molecule has 1 aliphatic rings. The average Bonchev–Trinajstić information content (AvgIpc) is 1.90. The van der Waals surface area contributed by atoms with Crippen LogP contribution in [0.15, 0.2) is 0 Å². The molecule has 1 heterocycles. The van der Waals surface area contributed by atoms with Crippen LogP contribution in [-0.4, -0.2) is 38.1 Å². The van der Waals surface area contributed by atoms with E-state index in [2.05, 4.69) is 24.3 Å². The lowest BCUT2D eigenvalue weighted by molar-refractivity contribution is 0.236. The summed E-state index contributed by atoms with van der Waals surface area (Å²) in [7, 11) is 4.30. The molecule has 0 N–H and O–H groups in total. The van der Waals surface area contributed by atoms with Crippen LogP contribution in [0.1, 0.15) is 12.8 Å². The fourth-order valence-electron chi connectivity index (χ4n) is 1.25. The minimum absolute atomic E-state index is 0.794. The fraction of sp³-hybridized carbons (Fsp3) is 1.00. The number of rotatable bonds is 1. The van der Waals surface area contributed by atoms with Crippen molar-refractivity contribution in [3.05, 3.63) is 0 Å². The smallest absolute Gasteiger partial charge is 0.0148 e. The van der Waals surface area contributed by atoms with E-state index in [0.717, 1.165) is 19.1 Å². The molecule has 0 unspecified atom stereocenters. The van der Waals surface area contributed by atoms with Gasteiger partial charge >= 0.3 is 0 Å². The molecule has 0 aliphatic carbocycles. The van der Waals surface area contributed by atoms with Crippen molar-refractivity contribution >= 4 is 0 Å². The molecule has 1 radical (unpaired) electrons. The van der Waals surface area contributed by atoms with Crippen molar-refractivity contribution < 1.29 is 0 Å². The van der Waals surface area contributed by atoms with Gasteiger partial charge in [-0.1, -0.05) is 0 Å². The Hall–Kier alpha value is -0.0800.